The first kappa shape index (κ1) is 37.1. The van der Waals surface area contributed by atoms with Gasteiger partial charge in [-0.15, -0.1) is 0 Å². The molecule has 282 valence electrons. The monoisotopic (exact) mass is 741 g/mol. The molecule has 53 heavy (non-hydrogen) atoms. The highest BCUT2D eigenvalue weighted by Gasteiger charge is 2.61. The molecule has 0 bridgehead atoms. The zero-order valence-corrected chi connectivity index (χ0v) is 29.0. The van der Waals surface area contributed by atoms with Crippen LogP contribution in [-0.2, 0) is 22.6 Å². The molecule has 2 saturated heterocycles. The Morgan fingerprint density at radius 1 is 0.792 bits per heavy atom. The molecule has 4 aromatic rings. The molecule has 3 aliphatic rings. The molecule has 8 nitrogen and oxygen atoms in total. The molecule has 2 N–H and O–H groups in total. The number of carbonyl (C=O) groups is 2. The molecule has 1 aromatic heterocycles. The van der Waals surface area contributed by atoms with E-state index in [0.29, 0.717) is 10.9 Å². The number of halogens is 6. The van der Waals surface area contributed by atoms with Crippen molar-refractivity contribution in [1.82, 2.24) is 25.0 Å². The Hall–Kier alpha value is -4.27. The van der Waals surface area contributed by atoms with Crippen molar-refractivity contribution >= 4 is 33.4 Å². The van der Waals surface area contributed by atoms with Crippen LogP contribution in [0, 0.1) is 5.41 Å². The van der Waals surface area contributed by atoms with Gasteiger partial charge in [0, 0.05) is 62.3 Å². The van der Waals surface area contributed by atoms with Crippen molar-refractivity contribution in [3.05, 3.63) is 78.0 Å². The van der Waals surface area contributed by atoms with Crippen LogP contribution in [0.2, 0.25) is 0 Å². The third-order valence-electron chi connectivity index (χ3n) is 11.1. The Morgan fingerprint density at radius 3 is 2.06 bits per heavy atom. The minimum Gasteiger partial charge on any atom is -0.480 e. The summed E-state index contributed by atoms with van der Waals surface area (Å²) in [5.74, 6) is -3.08. The Bertz CT molecular complexity index is 1980. The van der Waals surface area contributed by atoms with Crippen molar-refractivity contribution in [3.63, 3.8) is 0 Å². The number of aliphatic carboxylic acids is 1. The zero-order chi connectivity index (χ0) is 37.5. The molecular weight excluding hydrogens is 700 g/mol. The predicted octanol–water partition coefficient (Wildman–Crippen LogP) is 6.65. The van der Waals surface area contributed by atoms with Gasteiger partial charge in [-0.1, -0.05) is 60.7 Å². The summed E-state index contributed by atoms with van der Waals surface area (Å²) in [5.41, 5.74) is 0.121. The number of fused-ring (bicyclic) bond motifs is 2. The summed E-state index contributed by atoms with van der Waals surface area (Å²) >= 11 is 0. The van der Waals surface area contributed by atoms with Crippen molar-refractivity contribution in [2.45, 2.75) is 63.1 Å². The lowest BCUT2D eigenvalue weighted by Crippen LogP contribution is -2.59. The number of nitrogens with one attached hydrogen (secondary N) is 1. The summed E-state index contributed by atoms with van der Waals surface area (Å²) in [6.45, 7) is 2.27. The van der Waals surface area contributed by atoms with Crippen LogP contribution in [0.1, 0.15) is 36.8 Å². The average molecular weight is 742 g/mol. The number of piperazine rings is 1. The first-order valence-electron chi connectivity index (χ1n) is 18.0. The van der Waals surface area contributed by atoms with E-state index in [4.69, 9.17) is 4.98 Å². The van der Waals surface area contributed by atoms with Crippen molar-refractivity contribution < 1.29 is 41.0 Å². The summed E-state index contributed by atoms with van der Waals surface area (Å²) < 4.78 is 82.0. The normalized spacial score (nSPS) is 19.7. The number of piperidine rings is 1. The lowest BCUT2D eigenvalue weighted by Gasteiger charge is -2.42. The van der Waals surface area contributed by atoms with E-state index in [1.165, 1.54) is 12.8 Å². The molecule has 3 aromatic carbocycles. The fourth-order valence-electron chi connectivity index (χ4n) is 8.02. The number of likely N-dealkylation sites (tertiary alicyclic amines) is 1. The van der Waals surface area contributed by atoms with Crippen molar-refractivity contribution in [1.29, 1.82) is 0 Å². The molecule has 0 spiro atoms. The summed E-state index contributed by atoms with van der Waals surface area (Å²) in [7, 11) is 0. The minimum absolute atomic E-state index is 0.322. The van der Waals surface area contributed by atoms with Gasteiger partial charge >= 0.3 is 18.3 Å². The smallest absolute Gasteiger partial charge is 0.403 e. The minimum atomic E-state index is -5.10. The highest BCUT2D eigenvalue weighted by molar-refractivity contribution is 6.05. The largest absolute Gasteiger partial charge is 0.480 e. The van der Waals surface area contributed by atoms with Gasteiger partial charge in [0.05, 0.1) is 12.2 Å². The fourth-order valence-corrected chi connectivity index (χ4v) is 8.02. The maximum absolute atomic E-state index is 14.4. The second kappa shape index (κ2) is 14.5. The van der Waals surface area contributed by atoms with Crippen molar-refractivity contribution in [3.8, 4) is 11.3 Å². The van der Waals surface area contributed by atoms with Crippen LogP contribution in [0.4, 0.5) is 26.3 Å². The Morgan fingerprint density at radius 2 is 1.42 bits per heavy atom. The van der Waals surface area contributed by atoms with Crippen LogP contribution in [-0.4, -0.2) is 107 Å². The molecule has 7 rings (SSSR count). The summed E-state index contributed by atoms with van der Waals surface area (Å²) in [5, 5.41) is 15.6. The average Bonchev–Trinajstić information content (AvgIpc) is 3.97. The number of nitrogens with zero attached hydrogens (tertiary/aromatic N) is 4. The van der Waals surface area contributed by atoms with E-state index in [-0.39, 0.29) is 6.42 Å². The number of rotatable bonds is 10. The number of hydrogen-bond donors (Lipinski definition) is 2. The van der Waals surface area contributed by atoms with Gasteiger partial charge in [0.2, 0.25) is 5.91 Å². The number of alkyl halides is 6. The van der Waals surface area contributed by atoms with Gasteiger partial charge in [0.15, 0.2) is 0 Å². The second-order valence-electron chi connectivity index (χ2n) is 14.6. The zero-order valence-electron chi connectivity index (χ0n) is 29.0. The first-order chi connectivity index (χ1) is 25.2. The Balaban J connectivity index is 1.13. The van der Waals surface area contributed by atoms with Gasteiger partial charge in [-0.25, -0.2) is 4.79 Å². The van der Waals surface area contributed by atoms with Gasteiger partial charge in [-0.2, -0.15) is 26.3 Å². The summed E-state index contributed by atoms with van der Waals surface area (Å²) in [6.07, 6.45) is -7.37. The number of amides is 1. The topological polar surface area (TPSA) is 89.0 Å². The van der Waals surface area contributed by atoms with E-state index >= 15 is 0 Å². The molecule has 1 atom stereocenters. The number of aromatic nitrogens is 1. The second-order valence-corrected chi connectivity index (χ2v) is 14.6. The number of hydrogen-bond acceptors (Lipinski definition) is 6. The molecule has 3 fully saturated rings. The van der Waals surface area contributed by atoms with Crippen LogP contribution in [0.5, 0.6) is 0 Å². The van der Waals surface area contributed by atoms with Crippen LogP contribution in [0.15, 0.2) is 66.9 Å². The molecule has 3 heterocycles. The molecule has 0 radical (unpaired) electrons. The van der Waals surface area contributed by atoms with Crippen LogP contribution in [0.25, 0.3) is 32.8 Å². The molecule has 1 aliphatic carbocycles. The number of benzene rings is 3. The van der Waals surface area contributed by atoms with Gasteiger partial charge in [-0.05, 0) is 66.1 Å². The van der Waals surface area contributed by atoms with E-state index in [9.17, 15) is 41.0 Å². The Labute approximate surface area is 302 Å². The third-order valence-corrected chi connectivity index (χ3v) is 11.1. The van der Waals surface area contributed by atoms with Crippen molar-refractivity contribution in [2.75, 3.05) is 45.8 Å². The van der Waals surface area contributed by atoms with Gasteiger partial charge < -0.3 is 10.4 Å². The predicted molar refractivity (Wildman–Crippen MR) is 188 cm³/mol. The molecule has 1 amide bonds. The fraction of sp³-hybridized carbons (Fsp3) is 0.462. The highest BCUT2D eigenvalue weighted by Crippen LogP contribution is 2.47. The number of carbonyl (C=O) groups excluding carboxylic acids is 1. The number of pyridine rings is 1. The molecule has 0 unspecified atom stereocenters. The lowest BCUT2D eigenvalue weighted by atomic mass is 9.76. The van der Waals surface area contributed by atoms with Crippen LogP contribution >= 0.6 is 0 Å². The first-order valence-corrected chi connectivity index (χ1v) is 18.0. The van der Waals surface area contributed by atoms with Crippen LogP contribution < -0.4 is 5.32 Å². The quantitative estimate of drug-likeness (QED) is 0.176. The standard InChI is InChI=1S/C39H41F6N5O3/c40-38(41,42)24-49-15-13-37(14-16-49,39(43,44)45)36(53)47-33(35(51)52)21-25-5-3-9-30-28(25)8-4-10-32(30)34-31-7-2-1-6-29(31)26(22-46-34)23-48-17-19-50(20-18-48)27-11-12-27/h1-10,22,27,33H,11-21,23-24H2,(H,47,53)(H,51,52)/t33-/m0/s1. The SMILES string of the molecule is O=C(O)[C@H](Cc1cccc2c(-c3ncc(CN4CCN(C5CC5)CC4)c4ccccc34)cccc12)NC(=O)C1(C(F)(F)F)CCN(CC(F)(F)F)CC1. The number of carboxylic acids is 1. The highest BCUT2D eigenvalue weighted by atomic mass is 19.4. The van der Waals surface area contributed by atoms with Gasteiger partial charge in [0.1, 0.15) is 11.5 Å². The Kier molecular flexibility index (Phi) is 10.2. The number of carboxylic acid groups (broad SMARTS) is 1. The molecule has 14 heteroatoms. The summed E-state index contributed by atoms with van der Waals surface area (Å²) in [6, 6.07) is 17.9. The van der Waals surface area contributed by atoms with Crippen molar-refractivity contribution in [2.24, 2.45) is 5.41 Å². The van der Waals surface area contributed by atoms with E-state index < -0.39 is 68.2 Å². The van der Waals surface area contributed by atoms with E-state index in [2.05, 4.69) is 21.2 Å². The molecular formula is C39H41F6N5O3. The maximum atomic E-state index is 14.4. The third kappa shape index (κ3) is 7.85. The van der Waals surface area contributed by atoms with E-state index in [1.807, 2.05) is 42.6 Å². The molecule has 1 saturated carbocycles. The van der Waals surface area contributed by atoms with Crippen LogP contribution in [0.3, 0.4) is 0 Å². The van der Waals surface area contributed by atoms with E-state index in [0.717, 1.165) is 76.6 Å². The van der Waals surface area contributed by atoms with Gasteiger partial charge in [-0.3, -0.25) is 24.5 Å². The summed E-state index contributed by atoms with van der Waals surface area (Å²) in [4.78, 5) is 36.6. The molecule has 2 aliphatic heterocycles. The maximum Gasteiger partial charge on any atom is 0.403 e. The van der Waals surface area contributed by atoms with Gasteiger partial charge in [0.25, 0.3) is 0 Å². The lowest BCUT2D eigenvalue weighted by molar-refractivity contribution is -0.236. The van der Waals surface area contributed by atoms with E-state index in [1.54, 1.807) is 18.2 Å².